The summed E-state index contributed by atoms with van der Waals surface area (Å²) >= 11 is 1.18. The molecule has 1 N–H and O–H groups in total. The van der Waals surface area contributed by atoms with E-state index in [1.54, 1.807) is 0 Å². The molecule has 0 spiro atoms. The van der Waals surface area contributed by atoms with E-state index in [1.807, 2.05) is 6.92 Å². The van der Waals surface area contributed by atoms with Crippen LogP contribution in [-0.2, 0) is 9.53 Å². The van der Waals surface area contributed by atoms with Gasteiger partial charge in [0.2, 0.25) is 0 Å². The first-order valence-electron chi connectivity index (χ1n) is 3.65. The summed E-state index contributed by atoms with van der Waals surface area (Å²) in [6.45, 7) is 2.50. The normalized spacial score (nSPS) is 10.0. The first-order valence-corrected chi connectivity index (χ1v) is 4.64. The van der Waals surface area contributed by atoms with Gasteiger partial charge in [-0.15, -0.1) is 0 Å². The summed E-state index contributed by atoms with van der Waals surface area (Å²) in [7, 11) is 0. The molecule has 0 aromatic heterocycles. The molecular formula is C7H14O3S. The Hall–Kier alpha value is -0.0600. The van der Waals surface area contributed by atoms with Crippen LogP contribution < -0.4 is 0 Å². The molecule has 11 heavy (non-hydrogen) atoms. The summed E-state index contributed by atoms with van der Waals surface area (Å²) in [5, 5.41) is 8.51. The number of carbonyl (C=O) groups is 1. The van der Waals surface area contributed by atoms with Gasteiger partial charge in [-0.3, -0.25) is 4.79 Å². The van der Waals surface area contributed by atoms with Crippen molar-refractivity contribution in [3.63, 3.8) is 0 Å². The fourth-order valence-corrected chi connectivity index (χ4v) is 0.972. The van der Waals surface area contributed by atoms with Crippen molar-refractivity contribution in [3.05, 3.63) is 0 Å². The Morgan fingerprint density at radius 2 is 2.36 bits per heavy atom. The number of hydrogen-bond acceptors (Lipinski definition) is 4. The molecule has 0 atom stereocenters. The number of aliphatic hydroxyl groups is 1. The highest BCUT2D eigenvalue weighted by Gasteiger charge is 1.97. The zero-order valence-corrected chi connectivity index (χ0v) is 7.52. The van der Waals surface area contributed by atoms with E-state index in [2.05, 4.69) is 0 Å². The maximum absolute atomic E-state index is 10.7. The SMILES string of the molecule is CCC(=O)SCOCCCO. The van der Waals surface area contributed by atoms with Gasteiger partial charge in [-0.2, -0.15) is 0 Å². The summed E-state index contributed by atoms with van der Waals surface area (Å²) in [6.07, 6.45) is 1.19. The lowest BCUT2D eigenvalue weighted by atomic mass is 10.5. The quantitative estimate of drug-likeness (QED) is 0.487. The highest BCUT2D eigenvalue weighted by atomic mass is 32.2. The van der Waals surface area contributed by atoms with E-state index in [0.29, 0.717) is 25.4 Å². The zero-order chi connectivity index (χ0) is 8.53. The van der Waals surface area contributed by atoms with E-state index < -0.39 is 0 Å². The Balaban J connectivity index is 2.95. The number of carbonyl (C=O) groups excluding carboxylic acids is 1. The van der Waals surface area contributed by atoms with Crippen LogP contribution in [0.3, 0.4) is 0 Å². The van der Waals surface area contributed by atoms with Crippen LogP contribution in [0.1, 0.15) is 19.8 Å². The van der Waals surface area contributed by atoms with Gasteiger partial charge >= 0.3 is 0 Å². The molecule has 0 amide bonds. The second-order valence-corrected chi connectivity index (χ2v) is 2.95. The molecule has 0 saturated carbocycles. The van der Waals surface area contributed by atoms with E-state index in [9.17, 15) is 4.79 Å². The highest BCUT2D eigenvalue weighted by Crippen LogP contribution is 2.04. The summed E-state index contributed by atoms with van der Waals surface area (Å²) in [6, 6.07) is 0. The predicted octanol–water partition coefficient (Wildman–Crippen LogP) is 1.01. The fraction of sp³-hybridized carbons (Fsp3) is 0.857. The zero-order valence-electron chi connectivity index (χ0n) is 6.71. The minimum Gasteiger partial charge on any atom is -0.396 e. The number of rotatable bonds is 6. The lowest BCUT2D eigenvalue weighted by Gasteiger charge is -1.99. The van der Waals surface area contributed by atoms with Gasteiger partial charge in [0.15, 0.2) is 5.12 Å². The Labute approximate surface area is 71.1 Å². The van der Waals surface area contributed by atoms with Gasteiger partial charge in [-0.05, 0) is 6.42 Å². The molecule has 0 unspecified atom stereocenters. The van der Waals surface area contributed by atoms with Crippen LogP contribution >= 0.6 is 11.8 Å². The van der Waals surface area contributed by atoms with Crippen LogP contribution in [0.5, 0.6) is 0 Å². The van der Waals surface area contributed by atoms with Gasteiger partial charge in [-0.25, -0.2) is 0 Å². The predicted molar refractivity (Wildman–Crippen MR) is 45.4 cm³/mol. The largest absolute Gasteiger partial charge is 0.396 e. The number of ether oxygens (including phenoxy) is 1. The molecule has 0 aromatic rings. The standard InChI is InChI=1S/C7H14O3S/c1-2-7(9)11-6-10-5-3-4-8/h8H,2-6H2,1H3. The first-order chi connectivity index (χ1) is 5.31. The molecule has 3 nitrogen and oxygen atoms in total. The topological polar surface area (TPSA) is 46.5 Å². The van der Waals surface area contributed by atoms with Gasteiger partial charge < -0.3 is 9.84 Å². The van der Waals surface area contributed by atoms with Crippen LogP contribution in [0.15, 0.2) is 0 Å². The Morgan fingerprint density at radius 3 is 2.91 bits per heavy atom. The van der Waals surface area contributed by atoms with Crippen LogP contribution in [0.25, 0.3) is 0 Å². The Morgan fingerprint density at radius 1 is 1.64 bits per heavy atom. The van der Waals surface area contributed by atoms with Gasteiger partial charge in [-0.1, -0.05) is 18.7 Å². The Kier molecular flexibility index (Phi) is 8.00. The molecule has 0 radical (unpaired) electrons. The lowest BCUT2D eigenvalue weighted by molar-refractivity contribution is -0.110. The molecule has 0 heterocycles. The van der Waals surface area contributed by atoms with Crippen molar-refractivity contribution in [2.24, 2.45) is 0 Å². The highest BCUT2D eigenvalue weighted by molar-refractivity contribution is 8.13. The number of thioether (sulfide) groups is 1. The first kappa shape index (κ1) is 10.9. The van der Waals surface area contributed by atoms with Crippen LogP contribution in [0, 0.1) is 0 Å². The van der Waals surface area contributed by atoms with E-state index >= 15 is 0 Å². The van der Waals surface area contributed by atoms with Crippen molar-refractivity contribution in [2.75, 3.05) is 19.2 Å². The summed E-state index contributed by atoms with van der Waals surface area (Å²) in [5.41, 5.74) is 0. The van der Waals surface area contributed by atoms with Crippen molar-refractivity contribution in [1.29, 1.82) is 0 Å². The molecule has 0 fully saturated rings. The molecule has 0 aliphatic rings. The third-order valence-corrected chi connectivity index (χ3v) is 1.93. The van der Waals surface area contributed by atoms with Crippen LogP contribution in [0.2, 0.25) is 0 Å². The summed E-state index contributed by atoms with van der Waals surface area (Å²) in [5.74, 6) is 0.409. The van der Waals surface area contributed by atoms with Gasteiger partial charge in [0.25, 0.3) is 0 Å². The monoisotopic (exact) mass is 178 g/mol. The maximum Gasteiger partial charge on any atom is 0.190 e. The van der Waals surface area contributed by atoms with Crippen molar-refractivity contribution >= 4 is 16.9 Å². The number of hydrogen-bond donors (Lipinski definition) is 1. The van der Waals surface area contributed by atoms with Gasteiger partial charge in [0.05, 0.1) is 5.94 Å². The molecule has 0 rings (SSSR count). The van der Waals surface area contributed by atoms with E-state index in [-0.39, 0.29) is 11.7 Å². The van der Waals surface area contributed by atoms with Crippen molar-refractivity contribution in [3.8, 4) is 0 Å². The molecule has 0 aromatic carbocycles. The molecular weight excluding hydrogens is 164 g/mol. The minimum atomic E-state index is 0.145. The summed E-state index contributed by atoms with van der Waals surface area (Å²) < 4.78 is 5.03. The molecule has 4 heteroatoms. The molecule has 0 bridgehead atoms. The Bertz CT molecular complexity index is 106. The maximum atomic E-state index is 10.7. The third-order valence-electron chi connectivity index (χ3n) is 1.04. The van der Waals surface area contributed by atoms with Crippen LogP contribution in [0.4, 0.5) is 0 Å². The smallest absolute Gasteiger partial charge is 0.190 e. The van der Waals surface area contributed by atoms with Crippen molar-refractivity contribution in [2.45, 2.75) is 19.8 Å². The van der Waals surface area contributed by atoms with Crippen LogP contribution in [-0.4, -0.2) is 29.4 Å². The average molecular weight is 178 g/mol. The lowest BCUT2D eigenvalue weighted by Crippen LogP contribution is -1.98. The minimum absolute atomic E-state index is 0.145. The molecule has 0 saturated heterocycles. The van der Waals surface area contributed by atoms with Crippen molar-refractivity contribution < 1.29 is 14.6 Å². The molecule has 0 aliphatic carbocycles. The second kappa shape index (κ2) is 8.04. The van der Waals surface area contributed by atoms with E-state index in [4.69, 9.17) is 9.84 Å². The summed E-state index contributed by atoms with van der Waals surface area (Å²) in [4.78, 5) is 10.7. The average Bonchev–Trinajstić information content (AvgIpc) is 2.04. The van der Waals surface area contributed by atoms with Crippen molar-refractivity contribution in [1.82, 2.24) is 0 Å². The van der Waals surface area contributed by atoms with Gasteiger partial charge in [0.1, 0.15) is 0 Å². The van der Waals surface area contributed by atoms with E-state index in [1.165, 1.54) is 11.8 Å². The fourth-order valence-electron chi connectivity index (χ4n) is 0.435. The second-order valence-electron chi connectivity index (χ2n) is 1.97. The van der Waals surface area contributed by atoms with E-state index in [0.717, 1.165) is 0 Å². The molecule has 0 aliphatic heterocycles. The third kappa shape index (κ3) is 7.84. The number of aliphatic hydroxyl groups excluding tert-OH is 1. The van der Waals surface area contributed by atoms with Gasteiger partial charge in [0, 0.05) is 19.6 Å². The molecule has 66 valence electrons.